The van der Waals surface area contributed by atoms with E-state index in [1.54, 1.807) is 42.5 Å². The molecule has 19 atom stereocenters. The van der Waals surface area contributed by atoms with Crippen molar-refractivity contribution >= 4 is 9.84 Å². The van der Waals surface area contributed by atoms with Crippen LogP contribution in [0.5, 0.6) is 0 Å². The summed E-state index contributed by atoms with van der Waals surface area (Å²) in [6, 6.07) is 22.3. The number of benzene rings is 3. The minimum absolute atomic E-state index is 0.0149. The van der Waals surface area contributed by atoms with E-state index in [-0.39, 0.29) is 55.9 Å². The normalized spacial score (nSPS) is 37.3. The zero-order valence-electron chi connectivity index (χ0n) is 53.6. The van der Waals surface area contributed by atoms with Crippen LogP contribution in [0, 0.1) is 100 Å². The summed E-state index contributed by atoms with van der Waals surface area (Å²) < 4.78 is 116. The lowest BCUT2D eigenvalue weighted by Crippen LogP contribution is -2.53. The fraction of sp³-hybridized carbons (Fsp3) is 0.662. The molecule has 0 amide bonds. The zero-order chi connectivity index (χ0) is 64.9. The highest BCUT2D eigenvalue weighted by Crippen LogP contribution is 2.70. The van der Waals surface area contributed by atoms with E-state index in [1.165, 1.54) is 66.1 Å². The molecule has 0 spiro atoms. The van der Waals surface area contributed by atoms with Gasteiger partial charge in [-0.15, -0.1) is 0 Å². The third-order valence-electron chi connectivity index (χ3n) is 25.2. The first-order valence-electron chi connectivity index (χ1n) is 32.6. The molecule has 6 fully saturated rings. The molecular weight excluding hydrogens is 1150 g/mol. The fourth-order valence-corrected chi connectivity index (χ4v) is 22.4. The summed E-state index contributed by atoms with van der Waals surface area (Å²) in [7, 11) is -3.26. The molecule has 0 aromatic heterocycles. The lowest BCUT2D eigenvalue weighted by atomic mass is 9.46. The fourth-order valence-electron chi connectivity index (χ4n) is 20.3. The maximum absolute atomic E-state index is 14.9. The van der Waals surface area contributed by atoms with Crippen molar-refractivity contribution in [3.8, 4) is 12.3 Å². The lowest BCUT2D eigenvalue weighted by Gasteiger charge is -2.59. The Morgan fingerprint density at radius 2 is 0.966 bits per heavy atom. The Morgan fingerprint density at radius 3 is 1.39 bits per heavy atom. The van der Waals surface area contributed by atoms with Gasteiger partial charge in [-0.3, -0.25) is 0 Å². The summed E-state index contributed by atoms with van der Waals surface area (Å²) in [5.41, 5.74) is -4.83. The van der Waals surface area contributed by atoms with Crippen molar-refractivity contribution in [2.75, 3.05) is 7.11 Å². The van der Waals surface area contributed by atoms with Crippen molar-refractivity contribution in [2.24, 2.45) is 80.8 Å². The van der Waals surface area contributed by atoms with Crippen LogP contribution in [0.2, 0.25) is 0 Å². The number of hydrogen-bond donors (Lipinski definition) is 5. The molecule has 8 aliphatic rings. The van der Waals surface area contributed by atoms with Crippen molar-refractivity contribution in [3.63, 3.8) is 0 Å². The number of hydrogen-bond acceptors (Lipinski definition) is 7. The lowest BCUT2D eigenvalue weighted by molar-refractivity contribution is -0.270. The molecule has 14 heteroatoms. The van der Waals surface area contributed by atoms with E-state index in [4.69, 9.17) is 5.11 Å². The summed E-state index contributed by atoms with van der Waals surface area (Å²) in [6.45, 7) is 20.3. The Balaban J connectivity index is 0.000000217. The number of aliphatic hydroxyl groups is 5. The van der Waals surface area contributed by atoms with E-state index in [0.29, 0.717) is 54.3 Å². The van der Waals surface area contributed by atoms with Crippen LogP contribution in [0.25, 0.3) is 0 Å². The number of allylic oxidation sites excluding steroid dienone is 2. The second-order valence-corrected chi connectivity index (χ2v) is 32.1. The van der Waals surface area contributed by atoms with E-state index in [9.17, 15) is 55.2 Å². The third kappa shape index (κ3) is 12.8. The Labute approximate surface area is 522 Å². The van der Waals surface area contributed by atoms with Gasteiger partial charge in [-0.05, 0) is 234 Å². The topological polar surface area (TPSA) is 135 Å². The Bertz CT molecular complexity index is 3070. The molecule has 3 aromatic carbocycles. The molecule has 488 valence electrons. The van der Waals surface area contributed by atoms with Crippen molar-refractivity contribution in [1.29, 1.82) is 0 Å². The van der Waals surface area contributed by atoms with Crippen LogP contribution in [0.3, 0.4) is 0 Å². The quantitative estimate of drug-likeness (QED) is 0.0527. The Hall–Kier alpha value is -4.10. The molecule has 5 N–H and O–H groups in total. The number of rotatable bonds is 12. The van der Waals surface area contributed by atoms with Gasteiger partial charge in [0.15, 0.2) is 21.0 Å². The number of terminal acetylenes is 1. The molecule has 0 heterocycles. The second kappa shape index (κ2) is 25.8. The van der Waals surface area contributed by atoms with Crippen LogP contribution in [0.15, 0.2) is 119 Å². The summed E-state index contributed by atoms with van der Waals surface area (Å²) in [5.74, 6) is 4.90. The summed E-state index contributed by atoms with van der Waals surface area (Å²) in [4.78, 5) is -0.0149. The van der Waals surface area contributed by atoms with Gasteiger partial charge in [0.2, 0.25) is 0 Å². The first kappa shape index (κ1) is 69.8. The van der Waals surface area contributed by atoms with E-state index in [0.717, 1.165) is 97.0 Å². The van der Waals surface area contributed by atoms with E-state index in [1.807, 2.05) is 26.7 Å². The first-order chi connectivity index (χ1) is 41.1. The van der Waals surface area contributed by atoms with Gasteiger partial charge < -0.3 is 37.9 Å². The molecule has 8 aliphatic carbocycles. The SMILES string of the molecule is C#C[CH2-].CO.C[C@H](C(CC(O)(c1ccccc1)C(F)(F)F)S(=O)(=O)c1ccccc1)[C@H]1CC[C@H]2[C@@H]3CC=C4C[C@@](C)(O)CC[C@]4(C)[C@H]3CC[C@]12C.C[C@H](CCC(O)(c1ccccc1)C(F)(F)F)[C@H]1CC[C@H]2[C@@H]3CC=C4C[C@@](C)(O)CC[C@]4(C)[C@H]3CC[C@]12C. The first-order valence-corrected chi connectivity index (χ1v) is 34.1. The largest absolute Gasteiger partial charge is 0.421 e. The van der Waals surface area contributed by atoms with Crippen molar-refractivity contribution in [1.82, 2.24) is 0 Å². The summed E-state index contributed by atoms with van der Waals surface area (Å²) in [5, 5.41) is 49.5. The number of aliphatic hydroxyl groups excluding tert-OH is 1. The molecule has 7 nitrogen and oxygen atoms in total. The predicted molar refractivity (Wildman–Crippen MR) is 336 cm³/mol. The number of sulfone groups is 1. The highest BCUT2D eigenvalue weighted by atomic mass is 32.2. The molecule has 88 heavy (non-hydrogen) atoms. The van der Waals surface area contributed by atoms with Crippen molar-refractivity contribution in [2.45, 2.75) is 222 Å². The van der Waals surface area contributed by atoms with Gasteiger partial charge in [0.05, 0.1) is 21.3 Å². The van der Waals surface area contributed by atoms with Crippen LogP contribution in [0.4, 0.5) is 26.3 Å². The van der Waals surface area contributed by atoms with Gasteiger partial charge in [0.25, 0.3) is 0 Å². The van der Waals surface area contributed by atoms with Gasteiger partial charge >= 0.3 is 12.4 Å². The van der Waals surface area contributed by atoms with E-state index in [2.05, 4.69) is 60.1 Å². The molecular formula is C74H101F6O7S-. The average Bonchev–Trinajstić information content (AvgIpc) is 1.36. The predicted octanol–water partition coefficient (Wildman–Crippen LogP) is 16.9. The highest BCUT2D eigenvalue weighted by Gasteiger charge is 2.65. The molecule has 3 unspecified atom stereocenters. The van der Waals surface area contributed by atoms with Crippen molar-refractivity contribution < 1.29 is 60.3 Å². The van der Waals surface area contributed by atoms with Crippen molar-refractivity contribution in [3.05, 3.63) is 132 Å². The molecule has 0 bridgehead atoms. The standard InChI is InChI=1S/C38H49F3O4S.C32H45F3O2.C3H3.CH4O/c1-25(30-17-18-31-29-16-15-27-23-34(2,42)21-22-35(27,3)32(29)19-20-36(30,31)4)33(46(44,45)28-13-9-6-10-14-28)24-37(43,38(39,40)41)26-11-7-5-8-12-26;1-21(14-17-31(37,32(33,34)35)22-8-6-5-7-9-22)25-12-13-26-24-11-10-23-20-28(2,36)18-19-29(23,3)27(24)15-16-30(25,26)4;1-3-2;1-2/h5-15,25,29-33,42-43H,16-24H2,1-4H3;5-10,21,24-27,36-37H,11-20H2,1-4H3;1H,2H2;2H,1H3/q;;-1;/t25-,29-,30+,31-,32-,33?,34-,35-,36+,37?;21-,24+,25-,26+,27+,28+,29+,30-,31?;;/m01../s1. The van der Waals surface area contributed by atoms with Gasteiger partial charge in [-0.25, -0.2) is 8.42 Å². The smallest absolute Gasteiger partial charge is 0.400 e. The average molecular weight is 1250 g/mol. The number of halogens is 6. The molecule has 0 aliphatic heterocycles. The maximum Gasteiger partial charge on any atom is 0.421 e. The molecule has 0 radical (unpaired) electrons. The van der Waals surface area contributed by atoms with E-state index >= 15 is 0 Å². The molecule has 0 saturated heterocycles. The van der Waals surface area contributed by atoms with Crippen LogP contribution in [0.1, 0.15) is 189 Å². The molecule has 6 saturated carbocycles. The third-order valence-corrected chi connectivity index (χ3v) is 27.5. The minimum atomic E-state index is -5.08. The monoisotopic (exact) mass is 1250 g/mol. The zero-order valence-corrected chi connectivity index (χ0v) is 54.4. The maximum atomic E-state index is 14.9. The number of alkyl halides is 6. The minimum Gasteiger partial charge on any atom is -0.400 e. The van der Waals surface area contributed by atoms with Crippen LogP contribution < -0.4 is 0 Å². The van der Waals surface area contributed by atoms with Crippen LogP contribution in [-0.2, 0) is 21.0 Å². The van der Waals surface area contributed by atoms with Gasteiger partial charge in [-0.2, -0.15) is 33.3 Å². The Kier molecular flexibility index (Phi) is 20.4. The molecule has 11 rings (SSSR count). The van der Waals surface area contributed by atoms with Crippen LogP contribution in [-0.4, -0.2) is 69.9 Å². The van der Waals surface area contributed by atoms with Gasteiger partial charge in [0.1, 0.15) is 0 Å². The summed E-state index contributed by atoms with van der Waals surface area (Å²) in [6.07, 6.45) is 13.8. The Morgan fingerprint density at radius 1 is 0.580 bits per heavy atom. The number of fused-ring (bicyclic) bond motifs is 10. The van der Waals surface area contributed by atoms with Gasteiger partial charge in [-0.1, -0.05) is 144 Å². The van der Waals surface area contributed by atoms with Gasteiger partial charge in [0, 0.05) is 13.5 Å². The summed E-state index contributed by atoms with van der Waals surface area (Å²) >= 11 is 0. The second-order valence-electron chi connectivity index (χ2n) is 30.0. The highest BCUT2D eigenvalue weighted by molar-refractivity contribution is 7.92. The van der Waals surface area contributed by atoms with Crippen LogP contribution >= 0.6 is 0 Å². The molecule has 3 aromatic rings. The van der Waals surface area contributed by atoms with E-state index < -0.39 is 62.2 Å².